The molecule has 0 aromatic rings. The predicted molar refractivity (Wildman–Crippen MR) is 58.4 cm³/mol. The molecule has 0 aromatic heterocycles. The minimum atomic E-state index is -0.278. The highest BCUT2D eigenvalue weighted by Gasteiger charge is 2.10. The van der Waals surface area contributed by atoms with Crippen LogP contribution in [0.5, 0.6) is 0 Å². The summed E-state index contributed by atoms with van der Waals surface area (Å²) in [5, 5.41) is 9.55. The fourth-order valence-electron chi connectivity index (χ4n) is 1.65. The molecule has 0 unspecified atom stereocenters. The summed E-state index contributed by atoms with van der Waals surface area (Å²) in [6, 6.07) is 0. The molecule has 1 N–H and O–H groups in total. The summed E-state index contributed by atoms with van der Waals surface area (Å²) in [5.41, 5.74) is 0. The number of esters is 1. The molecule has 1 heterocycles. The zero-order valence-corrected chi connectivity index (χ0v) is 9.32. The highest BCUT2D eigenvalue weighted by molar-refractivity contribution is 5.69. The first kappa shape index (κ1) is 12.2. The third-order valence-corrected chi connectivity index (χ3v) is 2.55. The molecule has 2 atom stereocenters. The van der Waals surface area contributed by atoms with Crippen molar-refractivity contribution < 1.29 is 14.6 Å². The van der Waals surface area contributed by atoms with Crippen LogP contribution in [0.3, 0.4) is 0 Å². The molecule has 0 aliphatic carbocycles. The number of aliphatic hydroxyl groups excluding tert-OH is 1. The summed E-state index contributed by atoms with van der Waals surface area (Å²) in [5.74, 6) is -0.149. The van der Waals surface area contributed by atoms with E-state index in [2.05, 4.69) is 6.08 Å². The van der Waals surface area contributed by atoms with Crippen LogP contribution in [0.1, 0.15) is 45.4 Å². The van der Waals surface area contributed by atoms with Crippen LogP contribution in [0.15, 0.2) is 12.2 Å². The predicted octanol–water partition coefficient (Wildman–Crippen LogP) is 2.19. The van der Waals surface area contributed by atoms with Gasteiger partial charge in [0.25, 0.3) is 0 Å². The summed E-state index contributed by atoms with van der Waals surface area (Å²) >= 11 is 0. The van der Waals surface area contributed by atoms with Crippen molar-refractivity contribution >= 4 is 5.97 Å². The van der Waals surface area contributed by atoms with Gasteiger partial charge >= 0.3 is 5.97 Å². The maximum absolute atomic E-state index is 11.3. The van der Waals surface area contributed by atoms with Gasteiger partial charge in [0.2, 0.25) is 0 Å². The Balaban J connectivity index is 2.44. The minimum absolute atomic E-state index is 0.0295. The van der Waals surface area contributed by atoms with Gasteiger partial charge < -0.3 is 9.84 Å². The Hall–Kier alpha value is -0.830. The molecule has 0 aromatic carbocycles. The van der Waals surface area contributed by atoms with Crippen LogP contribution >= 0.6 is 0 Å². The van der Waals surface area contributed by atoms with Crippen molar-refractivity contribution in [1.82, 2.24) is 0 Å². The number of rotatable bonds is 0. The smallest absolute Gasteiger partial charge is 0.306 e. The topological polar surface area (TPSA) is 46.5 Å². The van der Waals surface area contributed by atoms with E-state index in [0.29, 0.717) is 12.8 Å². The maximum Gasteiger partial charge on any atom is 0.306 e. The highest BCUT2D eigenvalue weighted by Crippen LogP contribution is 2.11. The zero-order chi connectivity index (χ0) is 11.1. The van der Waals surface area contributed by atoms with Gasteiger partial charge in [0, 0.05) is 12.8 Å². The molecule has 0 amide bonds. The first-order valence-corrected chi connectivity index (χ1v) is 5.71. The van der Waals surface area contributed by atoms with E-state index in [1.807, 2.05) is 13.0 Å². The molecule has 1 aliphatic heterocycles. The van der Waals surface area contributed by atoms with E-state index >= 15 is 0 Å². The van der Waals surface area contributed by atoms with Crippen LogP contribution in [0.2, 0.25) is 0 Å². The number of cyclic esters (lactones) is 1. The van der Waals surface area contributed by atoms with Gasteiger partial charge in [-0.1, -0.05) is 12.2 Å². The van der Waals surface area contributed by atoms with Crippen LogP contribution in [-0.2, 0) is 9.53 Å². The van der Waals surface area contributed by atoms with E-state index in [1.165, 1.54) is 0 Å². The monoisotopic (exact) mass is 212 g/mol. The zero-order valence-electron chi connectivity index (χ0n) is 9.32. The van der Waals surface area contributed by atoms with Gasteiger partial charge in [-0.3, -0.25) is 4.79 Å². The number of hydrogen-bond donors (Lipinski definition) is 1. The van der Waals surface area contributed by atoms with E-state index in [4.69, 9.17) is 4.74 Å². The van der Waals surface area contributed by atoms with Gasteiger partial charge in [0.05, 0.1) is 6.10 Å². The lowest BCUT2D eigenvalue weighted by Crippen LogP contribution is -2.15. The third-order valence-electron chi connectivity index (χ3n) is 2.55. The van der Waals surface area contributed by atoms with E-state index < -0.39 is 0 Å². The van der Waals surface area contributed by atoms with Crippen LogP contribution in [0, 0.1) is 0 Å². The minimum Gasteiger partial charge on any atom is -0.462 e. The second kappa shape index (κ2) is 6.62. The number of aliphatic hydroxyl groups is 1. The number of allylic oxidation sites excluding steroid dienone is 1. The lowest BCUT2D eigenvalue weighted by Gasteiger charge is -2.13. The Morgan fingerprint density at radius 3 is 3.00 bits per heavy atom. The molecular formula is C12H20O3. The summed E-state index contributed by atoms with van der Waals surface area (Å²) in [6.07, 6.45) is 8.06. The number of carbonyl (C=O) groups is 1. The molecule has 3 heteroatoms. The lowest BCUT2D eigenvalue weighted by atomic mass is 10.1. The molecule has 15 heavy (non-hydrogen) atoms. The van der Waals surface area contributed by atoms with Crippen LogP contribution in [0.25, 0.3) is 0 Å². The second-order valence-corrected chi connectivity index (χ2v) is 4.13. The molecule has 0 fully saturated rings. The first-order valence-electron chi connectivity index (χ1n) is 5.71. The molecule has 86 valence electrons. The second-order valence-electron chi connectivity index (χ2n) is 4.13. The quantitative estimate of drug-likeness (QED) is 0.494. The van der Waals surface area contributed by atoms with Crippen molar-refractivity contribution in [2.45, 2.75) is 57.7 Å². The standard InChI is InChI=1S/C12H20O3/c1-10-6-3-2-4-7-11(13)8-5-9-12(14)15-10/h2-3,10-11,13H,4-9H2,1H3/t10-,11-/m1/s1. The Kier molecular flexibility index (Phi) is 5.40. The Morgan fingerprint density at radius 1 is 1.40 bits per heavy atom. The molecule has 0 saturated heterocycles. The molecule has 0 spiro atoms. The molecule has 1 rings (SSSR count). The van der Waals surface area contributed by atoms with Gasteiger partial charge in [0.1, 0.15) is 6.10 Å². The number of carbonyl (C=O) groups excluding carboxylic acids is 1. The molecule has 0 radical (unpaired) electrons. The van der Waals surface area contributed by atoms with Gasteiger partial charge in [-0.05, 0) is 32.6 Å². The average Bonchev–Trinajstić information content (AvgIpc) is 2.15. The van der Waals surface area contributed by atoms with E-state index in [9.17, 15) is 9.90 Å². The summed E-state index contributed by atoms with van der Waals surface area (Å²) in [4.78, 5) is 11.3. The summed E-state index contributed by atoms with van der Waals surface area (Å²) in [7, 11) is 0. The van der Waals surface area contributed by atoms with Crippen molar-refractivity contribution in [3.05, 3.63) is 12.2 Å². The third kappa shape index (κ3) is 5.57. The Bertz CT molecular complexity index is 223. The highest BCUT2D eigenvalue weighted by atomic mass is 16.5. The maximum atomic E-state index is 11.3. The van der Waals surface area contributed by atoms with Gasteiger partial charge in [0.15, 0.2) is 0 Å². The van der Waals surface area contributed by atoms with Crippen LogP contribution in [0.4, 0.5) is 0 Å². The van der Waals surface area contributed by atoms with Crippen LogP contribution in [-0.4, -0.2) is 23.3 Å². The Labute approximate surface area is 91.1 Å². The van der Waals surface area contributed by atoms with E-state index in [1.54, 1.807) is 0 Å². The van der Waals surface area contributed by atoms with E-state index in [0.717, 1.165) is 25.7 Å². The van der Waals surface area contributed by atoms with Gasteiger partial charge in [-0.2, -0.15) is 0 Å². The van der Waals surface area contributed by atoms with Crippen molar-refractivity contribution in [1.29, 1.82) is 0 Å². The number of ether oxygens (including phenoxy) is 1. The van der Waals surface area contributed by atoms with Gasteiger partial charge in [-0.25, -0.2) is 0 Å². The molecular weight excluding hydrogens is 192 g/mol. The first-order chi connectivity index (χ1) is 7.18. The fourth-order valence-corrected chi connectivity index (χ4v) is 1.65. The summed E-state index contributed by atoms with van der Waals surface area (Å²) < 4.78 is 5.19. The fraction of sp³-hybridized carbons (Fsp3) is 0.750. The normalized spacial score (nSPS) is 30.1. The summed E-state index contributed by atoms with van der Waals surface area (Å²) in [6.45, 7) is 1.91. The Morgan fingerprint density at radius 2 is 2.20 bits per heavy atom. The number of hydrogen-bond acceptors (Lipinski definition) is 3. The average molecular weight is 212 g/mol. The molecule has 1 aliphatic rings. The van der Waals surface area contributed by atoms with Crippen molar-refractivity contribution in [3.8, 4) is 0 Å². The SMILES string of the molecule is C[C@@H]1CC=CCC[C@@H](O)CCCC(=O)O1. The molecule has 3 nitrogen and oxygen atoms in total. The lowest BCUT2D eigenvalue weighted by molar-refractivity contribution is -0.148. The molecule has 0 bridgehead atoms. The molecule has 0 saturated carbocycles. The largest absolute Gasteiger partial charge is 0.462 e. The van der Waals surface area contributed by atoms with Crippen molar-refractivity contribution in [2.24, 2.45) is 0 Å². The van der Waals surface area contributed by atoms with E-state index in [-0.39, 0.29) is 18.2 Å². The van der Waals surface area contributed by atoms with Crippen molar-refractivity contribution in [2.75, 3.05) is 0 Å². The van der Waals surface area contributed by atoms with Crippen LogP contribution < -0.4 is 0 Å². The van der Waals surface area contributed by atoms with Crippen molar-refractivity contribution in [3.63, 3.8) is 0 Å². The van der Waals surface area contributed by atoms with Gasteiger partial charge in [-0.15, -0.1) is 0 Å².